The zero-order valence-electron chi connectivity index (χ0n) is 10.8. The minimum Gasteiger partial charge on any atom is -0.466 e. The maximum atomic E-state index is 5.54. The van der Waals surface area contributed by atoms with E-state index < -0.39 is 0 Å². The summed E-state index contributed by atoms with van der Waals surface area (Å²) >= 11 is 2.00. The van der Waals surface area contributed by atoms with Crippen molar-refractivity contribution in [1.29, 1.82) is 0 Å². The van der Waals surface area contributed by atoms with Gasteiger partial charge in [-0.25, -0.2) is 0 Å². The minimum atomic E-state index is 0.393. The summed E-state index contributed by atoms with van der Waals surface area (Å²) in [7, 11) is 0. The molecule has 1 atom stereocenters. The maximum absolute atomic E-state index is 5.54. The van der Waals surface area contributed by atoms with Gasteiger partial charge in [0, 0.05) is 11.6 Å². The molecule has 0 bridgehead atoms. The number of thioether (sulfide) groups is 1. The van der Waals surface area contributed by atoms with Crippen molar-refractivity contribution in [2.24, 2.45) is 0 Å². The fourth-order valence-electron chi connectivity index (χ4n) is 1.83. The molecule has 16 heavy (non-hydrogen) atoms. The van der Waals surface area contributed by atoms with E-state index in [-0.39, 0.29) is 0 Å². The summed E-state index contributed by atoms with van der Waals surface area (Å²) in [6, 6.07) is 2.53. The van der Waals surface area contributed by atoms with Gasteiger partial charge >= 0.3 is 0 Å². The second-order valence-electron chi connectivity index (χ2n) is 4.09. The number of rotatable bonds is 7. The van der Waals surface area contributed by atoms with Crippen molar-refractivity contribution in [3.8, 4) is 0 Å². The van der Waals surface area contributed by atoms with E-state index in [1.807, 2.05) is 25.6 Å². The molecule has 2 nitrogen and oxygen atoms in total. The summed E-state index contributed by atoms with van der Waals surface area (Å²) < 4.78 is 5.54. The molecule has 0 aliphatic heterocycles. The molecule has 0 aliphatic rings. The monoisotopic (exact) mass is 241 g/mol. The van der Waals surface area contributed by atoms with Gasteiger partial charge < -0.3 is 9.73 Å². The van der Waals surface area contributed by atoms with Gasteiger partial charge in [0.15, 0.2) is 0 Å². The van der Waals surface area contributed by atoms with Crippen LogP contribution in [0.5, 0.6) is 0 Å². The van der Waals surface area contributed by atoms with Crippen LogP contribution in [-0.4, -0.2) is 18.1 Å². The average molecular weight is 241 g/mol. The Balaban J connectivity index is 2.29. The highest BCUT2D eigenvalue weighted by Gasteiger charge is 2.11. The fourth-order valence-corrected chi connectivity index (χ4v) is 2.46. The molecule has 0 amide bonds. The number of nitrogens with one attached hydrogen (secondary N) is 1. The molecule has 0 saturated carbocycles. The SMILES string of the molecule is CCSCCCNC(C)c1cc(C)oc1C. The van der Waals surface area contributed by atoms with Crippen LogP contribution in [0.3, 0.4) is 0 Å². The van der Waals surface area contributed by atoms with Gasteiger partial charge in [-0.05, 0) is 51.3 Å². The molecule has 3 heteroatoms. The standard InChI is InChI=1S/C13H23NOS/c1-5-16-8-6-7-14-11(3)13-9-10(2)15-12(13)4/h9,11,14H,5-8H2,1-4H3. The Kier molecular flexibility index (Phi) is 5.99. The van der Waals surface area contributed by atoms with Crippen molar-refractivity contribution < 1.29 is 4.42 Å². The third kappa shape index (κ3) is 4.22. The van der Waals surface area contributed by atoms with Gasteiger partial charge in [0.2, 0.25) is 0 Å². The van der Waals surface area contributed by atoms with Crippen molar-refractivity contribution in [1.82, 2.24) is 5.32 Å². The first-order chi connectivity index (χ1) is 7.65. The van der Waals surface area contributed by atoms with Gasteiger partial charge in [-0.2, -0.15) is 11.8 Å². The number of aryl methyl sites for hydroxylation is 2. The van der Waals surface area contributed by atoms with E-state index in [1.54, 1.807) is 0 Å². The molecule has 1 unspecified atom stereocenters. The Labute approximate surface area is 103 Å². The van der Waals surface area contributed by atoms with E-state index in [4.69, 9.17) is 4.42 Å². The average Bonchev–Trinajstić information content (AvgIpc) is 2.57. The Hall–Kier alpha value is -0.410. The molecule has 1 rings (SSSR count). The van der Waals surface area contributed by atoms with Gasteiger partial charge in [-0.15, -0.1) is 0 Å². The summed E-state index contributed by atoms with van der Waals surface area (Å²) in [5.41, 5.74) is 1.29. The fraction of sp³-hybridized carbons (Fsp3) is 0.692. The molecular weight excluding hydrogens is 218 g/mol. The second kappa shape index (κ2) is 7.02. The van der Waals surface area contributed by atoms with Crippen LogP contribution in [-0.2, 0) is 0 Å². The van der Waals surface area contributed by atoms with Crippen LogP contribution in [0.2, 0.25) is 0 Å². The zero-order valence-corrected chi connectivity index (χ0v) is 11.6. The predicted molar refractivity (Wildman–Crippen MR) is 72.2 cm³/mol. The van der Waals surface area contributed by atoms with Crippen molar-refractivity contribution >= 4 is 11.8 Å². The smallest absolute Gasteiger partial charge is 0.105 e. The first-order valence-corrected chi connectivity index (χ1v) is 7.18. The summed E-state index contributed by atoms with van der Waals surface area (Å²) in [5, 5.41) is 3.54. The molecule has 92 valence electrons. The summed E-state index contributed by atoms with van der Waals surface area (Å²) in [6.45, 7) is 9.52. The molecule has 1 aromatic heterocycles. The summed E-state index contributed by atoms with van der Waals surface area (Å²) in [4.78, 5) is 0. The Bertz CT molecular complexity index is 309. The maximum Gasteiger partial charge on any atom is 0.105 e. The summed E-state index contributed by atoms with van der Waals surface area (Å²) in [6.07, 6.45) is 1.23. The Morgan fingerprint density at radius 2 is 2.19 bits per heavy atom. The number of hydrogen-bond donors (Lipinski definition) is 1. The normalized spacial score (nSPS) is 13.0. The van der Waals surface area contributed by atoms with E-state index in [9.17, 15) is 0 Å². The van der Waals surface area contributed by atoms with Gasteiger partial charge in [0.25, 0.3) is 0 Å². The van der Waals surface area contributed by atoms with Crippen LogP contribution in [0, 0.1) is 13.8 Å². The largest absolute Gasteiger partial charge is 0.466 e. The van der Waals surface area contributed by atoms with Crippen LogP contribution in [0.4, 0.5) is 0 Å². The molecule has 0 spiro atoms. The van der Waals surface area contributed by atoms with E-state index in [1.165, 1.54) is 23.5 Å². The topological polar surface area (TPSA) is 25.2 Å². The predicted octanol–water partition coefficient (Wildman–Crippen LogP) is 3.69. The van der Waals surface area contributed by atoms with E-state index in [2.05, 4.69) is 25.2 Å². The van der Waals surface area contributed by atoms with Crippen LogP contribution < -0.4 is 5.32 Å². The minimum absolute atomic E-state index is 0.393. The molecule has 0 radical (unpaired) electrons. The third-order valence-corrected chi connectivity index (χ3v) is 3.65. The van der Waals surface area contributed by atoms with Crippen molar-refractivity contribution in [2.45, 2.75) is 40.2 Å². The molecule has 0 fully saturated rings. The van der Waals surface area contributed by atoms with Crippen molar-refractivity contribution in [3.05, 3.63) is 23.2 Å². The van der Waals surface area contributed by atoms with Crippen LogP contribution >= 0.6 is 11.8 Å². The van der Waals surface area contributed by atoms with Crippen LogP contribution in [0.25, 0.3) is 0 Å². The Morgan fingerprint density at radius 1 is 1.44 bits per heavy atom. The second-order valence-corrected chi connectivity index (χ2v) is 5.49. The van der Waals surface area contributed by atoms with Crippen LogP contribution in [0.1, 0.15) is 43.4 Å². The van der Waals surface area contributed by atoms with E-state index >= 15 is 0 Å². The first kappa shape index (κ1) is 13.7. The Morgan fingerprint density at radius 3 is 2.75 bits per heavy atom. The summed E-state index contributed by atoms with van der Waals surface area (Å²) in [5.74, 6) is 4.51. The van der Waals surface area contributed by atoms with Gasteiger partial charge in [0.05, 0.1) is 0 Å². The zero-order chi connectivity index (χ0) is 12.0. The molecular formula is C13H23NOS. The molecule has 1 N–H and O–H groups in total. The molecule has 1 heterocycles. The van der Waals surface area contributed by atoms with Gasteiger partial charge in [-0.1, -0.05) is 6.92 Å². The first-order valence-electron chi connectivity index (χ1n) is 6.03. The van der Waals surface area contributed by atoms with Gasteiger partial charge in [-0.3, -0.25) is 0 Å². The number of furan rings is 1. The quantitative estimate of drug-likeness (QED) is 0.737. The number of hydrogen-bond acceptors (Lipinski definition) is 3. The lowest BCUT2D eigenvalue weighted by atomic mass is 10.1. The van der Waals surface area contributed by atoms with E-state index in [0.717, 1.165) is 18.1 Å². The lowest BCUT2D eigenvalue weighted by molar-refractivity contribution is 0.490. The van der Waals surface area contributed by atoms with E-state index in [0.29, 0.717) is 6.04 Å². The third-order valence-electron chi connectivity index (χ3n) is 2.67. The lowest BCUT2D eigenvalue weighted by Gasteiger charge is -2.12. The van der Waals surface area contributed by atoms with Gasteiger partial charge in [0.1, 0.15) is 11.5 Å². The molecule has 0 aromatic carbocycles. The highest BCUT2D eigenvalue weighted by atomic mass is 32.2. The molecule has 1 aromatic rings. The lowest BCUT2D eigenvalue weighted by Crippen LogP contribution is -2.20. The highest BCUT2D eigenvalue weighted by Crippen LogP contribution is 2.20. The molecule has 0 saturated heterocycles. The van der Waals surface area contributed by atoms with Crippen molar-refractivity contribution in [2.75, 3.05) is 18.1 Å². The van der Waals surface area contributed by atoms with Crippen molar-refractivity contribution in [3.63, 3.8) is 0 Å². The van der Waals surface area contributed by atoms with Crippen LogP contribution in [0.15, 0.2) is 10.5 Å². The highest BCUT2D eigenvalue weighted by molar-refractivity contribution is 7.99. The molecule has 0 aliphatic carbocycles.